The van der Waals surface area contributed by atoms with E-state index in [1.807, 2.05) is 30.3 Å². The lowest BCUT2D eigenvalue weighted by Gasteiger charge is -2.33. The highest BCUT2D eigenvalue weighted by Gasteiger charge is 2.38. The first kappa shape index (κ1) is 19.7. The first-order valence-electron chi connectivity index (χ1n) is 10.4. The molecule has 1 unspecified atom stereocenters. The second-order valence-electron chi connectivity index (χ2n) is 7.50. The van der Waals surface area contributed by atoms with Crippen LogP contribution in [0.4, 0.5) is 0 Å². The summed E-state index contributed by atoms with van der Waals surface area (Å²) in [7, 11) is 1.70. The molecule has 2 aromatic carbocycles. The lowest BCUT2D eigenvalue weighted by atomic mass is 9.99. The van der Waals surface area contributed by atoms with Crippen LogP contribution in [0.5, 0.6) is 5.75 Å². The Hall–Kier alpha value is -2.56. The fourth-order valence-corrected chi connectivity index (χ4v) is 4.10. The Morgan fingerprint density at radius 2 is 1.76 bits per heavy atom. The lowest BCUT2D eigenvalue weighted by molar-refractivity contribution is -0.172. The van der Waals surface area contributed by atoms with Crippen molar-refractivity contribution in [1.82, 2.24) is 4.90 Å². The first-order valence-corrected chi connectivity index (χ1v) is 10.4. The SMILES string of the molecule is COc1ccc(CC2C=CC=CN2CCCC2(c3ccccc3)OCCO2)cc1. The number of methoxy groups -OCH3 is 1. The number of hydrogen-bond acceptors (Lipinski definition) is 4. The van der Waals surface area contributed by atoms with Crippen LogP contribution in [0.1, 0.15) is 24.0 Å². The maximum absolute atomic E-state index is 6.08. The normalized spacial score (nSPS) is 20.2. The van der Waals surface area contributed by atoms with Crippen LogP contribution in [0.2, 0.25) is 0 Å². The Kier molecular flexibility index (Phi) is 6.33. The van der Waals surface area contributed by atoms with Gasteiger partial charge in [0.15, 0.2) is 5.79 Å². The van der Waals surface area contributed by atoms with Crippen molar-refractivity contribution in [2.24, 2.45) is 0 Å². The van der Waals surface area contributed by atoms with Crippen LogP contribution in [0.15, 0.2) is 79.0 Å². The van der Waals surface area contributed by atoms with Crippen molar-refractivity contribution in [1.29, 1.82) is 0 Å². The largest absolute Gasteiger partial charge is 0.497 e. The second-order valence-corrected chi connectivity index (χ2v) is 7.50. The fraction of sp³-hybridized carbons (Fsp3) is 0.360. The number of allylic oxidation sites excluding steroid dienone is 2. The Labute approximate surface area is 173 Å². The summed E-state index contributed by atoms with van der Waals surface area (Å²) in [6.45, 7) is 2.27. The molecule has 0 N–H and O–H groups in total. The van der Waals surface area contributed by atoms with E-state index in [1.54, 1.807) is 7.11 Å². The molecule has 29 heavy (non-hydrogen) atoms. The molecule has 152 valence electrons. The molecule has 2 aromatic rings. The van der Waals surface area contributed by atoms with E-state index in [0.717, 1.165) is 37.1 Å². The van der Waals surface area contributed by atoms with Crippen molar-refractivity contribution in [2.75, 3.05) is 26.9 Å². The minimum Gasteiger partial charge on any atom is -0.497 e. The molecular weight excluding hydrogens is 362 g/mol. The van der Waals surface area contributed by atoms with Gasteiger partial charge in [-0.1, -0.05) is 54.6 Å². The molecule has 4 nitrogen and oxygen atoms in total. The average molecular weight is 392 g/mol. The van der Waals surface area contributed by atoms with Gasteiger partial charge in [-0.15, -0.1) is 0 Å². The van der Waals surface area contributed by atoms with Gasteiger partial charge in [0, 0.05) is 18.5 Å². The molecule has 2 aliphatic heterocycles. The van der Waals surface area contributed by atoms with Gasteiger partial charge in [-0.3, -0.25) is 0 Å². The average Bonchev–Trinajstić information content (AvgIpc) is 3.26. The number of hydrogen-bond donors (Lipinski definition) is 0. The molecule has 1 saturated heterocycles. The standard InChI is InChI=1S/C25H29NO3/c1-27-24-13-11-21(12-14-24)20-23-10-5-6-16-26(23)17-7-15-25(28-18-19-29-25)22-8-3-2-4-9-22/h2-6,8-14,16,23H,7,15,17-20H2,1H3. The Morgan fingerprint density at radius 1 is 1.00 bits per heavy atom. The van der Waals surface area contributed by atoms with E-state index in [0.29, 0.717) is 19.3 Å². The minimum absolute atomic E-state index is 0.353. The van der Waals surface area contributed by atoms with Gasteiger partial charge in [-0.05, 0) is 42.8 Å². The molecule has 0 aliphatic carbocycles. The van der Waals surface area contributed by atoms with E-state index in [4.69, 9.17) is 14.2 Å². The van der Waals surface area contributed by atoms with E-state index < -0.39 is 5.79 Å². The molecule has 1 fully saturated rings. The quantitative estimate of drug-likeness (QED) is 0.654. The Balaban J connectivity index is 1.37. The monoisotopic (exact) mass is 391 g/mol. The predicted octanol–water partition coefficient (Wildman–Crippen LogP) is 4.67. The number of benzene rings is 2. The smallest absolute Gasteiger partial charge is 0.195 e. The van der Waals surface area contributed by atoms with Crippen LogP contribution in [-0.2, 0) is 21.7 Å². The summed E-state index contributed by atoms with van der Waals surface area (Å²) in [4.78, 5) is 2.41. The second kappa shape index (κ2) is 9.29. The lowest BCUT2D eigenvalue weighted by Crippen LogP contribution is -2.35. The minimum atomic E-state index is -0.595. The van der Waals surface area contributed by atoms with E-state index in [-0.39, 0.29) is 0 Å². The maximum atomic E-state index is 6.08. The highest BCUT2D eigenvalue weighted by Crippen LogP contribution is 2.36. The third-order valence-corrected chi connectivity index (χ3v) is 5.64. The van der Waals surface area contributed by atoms with Gasteiger partial charge >= 0.3 is 0 Å². The number of ether oxygens (including phenoxy) is 3. The van der Waals surface area contributed by atoms with Gasteiger partial charge in [0.25, 0.3) is 0 Å². The van der Waals surface area contributed by atoms with E-state index >= 15 is 0 Å². The summed E-state index contributed by atoms with van der Waals surface area (Å²) in [5.41, 5.74) is 2.42. The van der Waals surface area contributed by atoms with Crippen molar-refractivity contribution in [3.8, 4) is 5.75 Å². The van der Waals surface area contributed by atoms with Crippen molar-refractivity contribution in [2.45, 2.75) is 31.1 Å². The van der Waals surface area contributed by atoms with Crippen LogP contribution in [0, 0.1) is 0 Å². The van der Waals surface area contributed by atoms with Crippen molar-refractivity contribution >= 4 is 0 Å². The summed E-state index contributed by atoms with van der Waals surface area (Å²) in [6, 6.07) is 19.0. The van der Waals surface area contributed by atoms with Crippen molar-refractivity contribution in [3.05, 3.63) is 90.2 Å². The maximum Gasteiger partial charge on any atom is 0.195 e. The Bertz CT molecular complexity index is 823. The fourth-order valence-electron chi connectivity index (χ4n) is 4.10. The molecule has 4 rings (SSSR count). The molecule has 2 aliphatic rings. The highest BCUT2D eigenvalue weighted by atomic mass is 16.7. The molecule has 0 aromatic heterocycles. The van der Waals surface area contributed by atoms with E-state index in [9.17, 15) is 0 Å². The predicted molar refractivity (Wildman–Crippen MR) is 115 cm³/mol. The molecule has 4 heteroatoms. The zero-order valence-electron chi connectivity index (χ0n) is 17.0. The van der Waals surface area contributed by atoms with E-state index in [2.05, 4.69) is 53.6 Å². The van der Waals surface area contributed by atoms with Crippen LogP contribution in [0.3, 0.4) is 0 Å². The third-order valence-electron chi connectivity index (χ3n) is 5.64. The number of rotatable bonds is 8. The van der Waals surface area contributed by atoms with Gasteiger partial charge in [-0.25, -0.2) is 0 Å². The van der Waals surface area contributed by atoms with Crippen LogP contribution in [-0.4, -0.2) is 37.8 Å². The highest BCUT2D eigenvalue weighted by molar-refractivity contribution is 5.29. The van der Waals surface area contributed by atoms with Crippen LogP contribution in [0.25, 0.3) is 0 Å². The molecular formula is C25H29NO3. The first-order chi connectivity index (χ1) is 14.3. The summed E-state index contributed by atoms with van der Waals surface area (Å²) in [5.74, 6) is 0.301. The molecule has 0 saturated carbocycles. The van der Waals surface area contributed by atoms with Gasteiger partial charge in [0.2, 0.25) is 0 Å². The zero-order valence-corrected chi connectivity index (χ0v) is 17.0. The molecule has 0 radical (unpaired) electrons. The van der Waals surface area contributed by atoms with Gasteiger partial charge < -0.3 is 19.1 Å². The number of nitrogens with zero attached hydrogens (tertiary/aromatic N) is 1. The van der Waals surface area contributed by atoms with Gasteiger partial charge in [-0.2, -0.15) is 0 Å². The molecule has 1 atom stereocenters. The third kappa shape index (κ3) is 4.72. The molecule has 0 spiro atoms. The summed E-state index contributed by atoms with van der Waals surface area (Å²) >= 11 is 0. The van der Waals surface area contributed by atoms with Gasteiger partial charge in [0.1, 0.15) is 5.75 Å². The Morgan fingerprint density at radius 3 is 2.48 bits per heavy atom. The molecule has 0 amide bonds. The van der Waals surface area contributed by atoms with Crippen LogP contribution < -0.4 is 4.74 Å². The zero-order chi connectivity index (χ0) is 19.9. The summed E-state index contributed by atoms with van der Waals surface area (Å²) in [5, 5.41) is 0. The van der Waals surface area contributed by atoms with E-state index in [1.165, 1.54) is 5.56 Å². The topological polar surface area (TPSA) is 30.9 Å². The molecule has 0 bridgehead atoms. The summed E-state index contributed by atoms with van der Waals surface area (Å²) < 4.78 is 17.4. The summed E-state index contributed by atoms with van der Waals surface area (Å²) in [6.07, 6.45) is 11.5. The van der Waals surface area contributed by atoms with Crippen molar-refractivity contribution in [3.63, 3.8) is 0 Å². The van der Waals surface area contributed by atoms with Crippen molar-refractivity contribution < 1.29 is 14.2 Å². The van der Waals surface area contributed by atoms with Gasteiger partial charge in [0.05, 0.1) is 26.4 Å². The van der Waals surface area contributed by atoms with Crippen LogP contribution >= 0.6 is 0 Å². The molecule has 2 heterocycles.